The predicted octanol–water partition coefficient (Wildman–Crippen LogP) is 5.59. The summed E-state index contributed by atoms with van der Waals surface area (Å²) in [5.74, 6) is 0.0614. The second-order valence-electron chi connectivity index (χ2n) is 6.45. The molecule has 1 heterocycles. The third kappa shape index (κ3) is 5.46. The van der Waals surface area contributed by atoms with Gasteiger partial charge in [-0.1, -0.05) is 56.5 Å². The number of nitrogens with zero attached hydrogens (tertiary/aromatic N) is 2. The summed E-state index contributed by atoms with van der Waals surface area (Å²) in [6.07, 6.45) is 8.82. The minimum atomic E-state index is -0.920. The number of imidazole rings is 1. The number of halogens is 1. The average Bonchev–Trinajstić information content (AvgIpc) is 3.01. The van der Waals surface area contributed by atoms with E-state index in [4.69, 9.17) is 11.6 Å². The fourth-order valence-electron chi connectivity index (χ4n) is 2.97. The predicted molar refractivity (Wildman–Crippen MR) is 107 cm³/mol. The van der Waals surface area contributed by atoms with Crippen molar-refractivity contribution in [1.29, 1.82) is 0 Å². The molecule has 0 spiro atoms. The van der Waals surface area contributed by atoms with Gasteiger partial charge in [0, 0.05) is 17.5 Å². The van der Waals surface area contributed by atoms with Gasteiger partial charge in [-0.3, -0.25) is 0 Å². The summed E-state index contributed by atoms with van der Waals surface area (Å²) in [5, 5.41) is 10.0. The number of aliphatic carboxylic acids is 1. The zero-order valence-electron chi connectivity index (χ0n) is 15.5. The van der Waals surface area contributed by atoms with E-state index in [0.29, 0.717) is 11.6 Å². The Bertz CT molecular complexity index is 765. The second kappa shape index (κ2) is 10.2. The lowest BCUT2D eigenvalue weighted by Crippen LogP contribution is -2.10. The van der Waals surface area contributed by atoms with Gasteiger partial charge in [-0.15, -0.1) is 0 Å². The molecule has 140 valence electrons. The van der Waals surface area contributed by atoms with Crippen LogP contribution in [0.4, 0.5) is 0 Å². The fraction of sp³-hybridized carbons (Fsp3) is 0.429. The lowest BCUT2D eigenvalue weighted by atomic mass is 10.0. The molecule has 26 heavy (non-hydrogen) atoms. The highest BCUT2D eigenvalue weighted by Gasteiger charge is 2.16. The van der Waals surface area contributed by atoms with E-state index in [-0.39, 0.29) is 0 Å². The Morgan fingerprint density at radius 1 is 1.23 bits per heavy atom. The van der Waals surface area contributed by atoms with Crippen LogP contribution in [0.2, 0.25) is 5.02 Å². The van der Waals surface area contributed by atoms with Crippen LogP contribution in [-0.2, 0) is 17.8 Å². The van der Waals surface area contributed by atoms with E-state index >= 15 is 0 Å². The molecule has 1 aromatic carbocycles. The Morgan fingerprint density at radius 2 is 1.96 bits per heavy atom. The van der Waals surface area contributed by atoms with E-state index in [1.165, 1.54) is 6.08 Å². The Kier molecular flexibility index (Phi) is 7.92. The highest BCUT2D eigenvalue weighted by Crippen LogP contribution is 2.26. The first-order chi connectivity index (χ1) is 12.6. The molecule has 5 heteroatoms. The fourth-order valence-corrected chi connectivity index (χ4v) is 3.16. The smallest absolute Gasteiger partial charge is 0.328 e. The average molecular weight is 375 g/mol. The molecule has 0 radical (unpaired) electrons. The molecular formula is C21H27ClN2O2. The maximum absolute atomic E-state index is 11.3. The number of hydrogen-bond donors (Lipinski definition) is 1. The number of carbonyl (C=O) groups is 1. The van der Waals surface area contributed by atoms with Crippen LogP contribution < -0.4 is 0 Å². The Morgan fingerprint density at radius 3 is 2.62 bits per heavy atom. The molecular weight excluding hydrogens is 348 g/mol. The van der Waals surface area contributed by atoms with Crippen molar-refractivity contribution in [1.82, 2.24) is 9.55 Å². The molecule has 0 atom stereocenters. The van der Waals surface area contributed by atoms with Gasteiger partial charge in [0.25, 0.3) is 0 Å². The number of rotatable bonds is 10. The molecule has 4 nitrogen and oxygen atoms in total. The maximum Gasteiger partial charge on any atom is 0.328 e. The van der Waals surface area contributed by atoms with E-state index in [2.05, 4.69) is 23.4 Å². The van der Waals surface area contributed by atoms with Crippen molar-refractivity contribution in [3.05, 3.63) is 58.6 Å². The first-order valence-corrected chi connectivity index (χ1v) is 9.66. The standard InChI is InChI=1S/C21H27ClN2O2/c1-3-5-9-16(13-21(25)26)19-14-23-20(12-6-4-2)24(19)15-17-10-7-8-11-18(17)22/h7-8,10-11,13-14H,3-6,9,12,15H2,1-2H3,(H,25,26)/b16-13-. The Balaban J connectivity index is 2.45. The van der Waals surface area contributed by atoms with Crippen LogP contribution in [-0.4, -0.2) is 20.6 Å². The minimum absolute atomic E-state index is 0.594. The number of aryl methyl sites for hydroxylation is 1. The molecule has 0 amide bonds. The summed E-state index contributed by atoms with van der Waals surface area (Å²) in [6.45, 7) is 4.85. The van der Waals surface area contributed by atoms with E-state index in [9.17, 15) is 9.90 Å². The van der Waals surface area contributed by atoms with Crippen LogP contribution in [0.3, 0.4) is 0 Å². The molecule has 0 bridgehead atoms. The molecule has 2 aromatic rings. The molecule has 0 fully saturated rings. The van der Waals surface area contributed by atoms with Crippen molar-refractivity contribution in [2.45, 2.75) is 58.9 Å². The number of hydrogen-bond acceptors (Lipinski definition) is 2. The molecule has 0 unspecified atom stereocenters. The minimum Gasteiger partial charge on any atom is -0.478 e. The largest absolute Gasteiger partial charge is 0.478 e. The Labute approximate surface area is 160 Å². The van der Waals surface area contributed by atoms with Crippen molar-refractivity contribution in [2.75, 3.05) is 0 Å². The van der Waals surface area contributed by atoms with Gasteiger partial charge in [-0.05, 0) is 36.5 Å². The summed E-state index contributed by atoms with van der Waals surface area (Å²) >= 11 is 6.36. The van der Waals surface area contributed by atoms with Crippen molar-refractivity contribution in [3.63, 3.8) is 0 Å². The number of aromatic nitrogens is 2. The number of benzene rings is 1. The van der Waals surface area contributed by atoms with Crippen LogP contribution >= 0.6 is 11.6 Å². The first-order valence-electron chi connectivity index (χ1n) is 9.28. The van der Waals surface area contributed by atoms with E-state index in [1.54, 1.807) is 0 Å². The number of unbranched alkanes of at least 4 members (excludes halogenated alkanes) is 2. The molecule has 2 rings (SSSR count). The summed E-state index contributed by atoms with van der Waals surface area (Å²) in [5.41, 5.74) is 2.71. The van der Waals surface area contributed by atoms with Crippen molar-refractivity contribution >= 4 is 23.1 Å². The van der Waals surface area contributed by atoms with Crippen molar-refractivity contribution in [2.24, 2.45) is 0 Å². The van der Waals surface area contributed by atoms with Crippen LogP contribution in [0, 0.1) is 0 Å². The van der Waals surface area contributed by atoms with E-state index < -0.39 is 5.97 Å². The topological polar surface area (TPSA) is 55.1 Å². The molecule has 0 aliphatic heterocycles. The van der Waals surface area contributed by atoms with Gasteiger partial charge in [0.15, 0.2) is 0 Å². The quantitative estimate of drug-likeness (QED) is 0.552. The SMILES string of the molecule is CCCC/C(=C/C(=O)O)c1cnc(CCCC)n1Cc1ccccc1Cl. The highest BCUT2D eigenvalue weighted by atomic mass is 35.5. The zero-order valence-corrected chi connectivity index (χ0v) is 16.3. The van der Waals surface area contributed by atoms with Gasteiger partial charge in [0.2, 0.25) is 0 Å². The summed E-state index contributed by atoms with van der Waals surface area (Å²) in [6, 6.07) is 7.76. The third-order valence-corrected chi connectivity index (χ3v) is 4.77. The van der Waals surface area contributed by atoms with E-state index in [1.807, 2.05) is 30.5 Å². The summed E-state index contributed by atoms with van der Waals surface area (Å²) in [7, 11) is 0. The van der Waals surface area contributed by atoms with Gasteiger partial charge in [0.05, 0.1) is 18.4 Å². The monoisotopic (exact) mass is 374 g/mol. The zero-order chi connectivity index (χ0) is 18.9. The molecule has 0 aliphatic carbocycles. The Hall–Kier alpha value is -2.07. The molecule has 1 aromatic heterocycles. The van der Waals surface area contributed by atoms with Crippen LogP contribution in [0.15, 0.2) is 36.5 Å². The lowest BCUT2D eigenvalue weighted by molar-refractivity contribution is -0.131. The summed E-state index contributed by atoms with van der Waals surface area (Å²) < 4.78 is 2.13. The van der Waals surface area contributed by atoms with Gasteiger partial charge in [-0.25, -0.2) is 9.78 Å². The lowest BCUT2D eigenvalue weighted by Gasteiger charge is -2.15. The van der Waals surface area contributed by atoms with Crippen molar-refractivity contribution in [3.8, 4) is 0 Å². The summed E-state index contributed by atoms with van der Waals surface area (Å²) in [4.78, 5) is 15.9. The second-order valence-corrected chi connectivity index (χ2v) is 6.86. The molecule has 0 saturated carbocycles. The first kappa shape index (κ1) is 20.2. The van der Waals surface area contributed by atoms with Crippen LogP contribution in [0.1, 0.15) is 63.0 Å². The van der Waals surface area contributed by atoms with Gasteiger partial charge < -0.3 is 9.67 Å². The normalized spacial score (nSPS) is 11.7. The molecule has 1 N–H and O–H groups in total. The van der Waals surface area contributed by atoms with Gasteiger partial charge in [0.1, 0.15) is 5.82 Å². The molecule has 0 aliphatic rings. The van der Waals surface area contributed by atoms with Crippen LogP contribution in [0.5, 0.6) is 0 Å². The van der Waals surface area contributed by atoms with E-state index in [0.717, 1.165) is 61.2 Å². The van der Waals surface area contributed by atoms with Gasteiger partial charge in [-0.2, -0.15) is 0 Å². The molecule has 0 saturated heterocycles. The third-order valence-electron chi connectivity index (χ3n) is 4.40. The van der Waals surface area contributed by atoms with Gasteiger partial charge >= 0.3 is 5.97 Å². The van der Waals surface area contributed by atoms with Crippen LogP contribution in [0.25, 0.3) is 5.57 Å². The number of carboxylic acid groups (broad SMARTS) is 1. The maximum atomic E-state index is 11.3. The highest BCUT2D eigenvalue weighted by molar-refractivity contribution is 6.31. The van der Waals surface area contributed by atoms with Crippen molar-refractivity contribution < 1.29 is 9.90 Å². The number of carboxylic acids is 1. The number of allylic oxidation sites excluding steroid dienone is 1.